The van der Waals surface area contributed by atoms with Gasteiger partial charge in [0.05, 0.1) is 13.1 Å². The molecule has 0 spiro atoms. The van der Waals surface area contributed by atoms with Crippen LogP contribution in [0.3, 0.4) is 0 Å². The Morgan fingerprint density at radius 2 is 1.55 bits per heavy atom. The summed E-state index contributed by atoms with van der Waals surface area (Å²) in [5, 5.41) is 21.9. The minimum absolute atomic E-state index is 0. The predicted octanol–water partition coefficient (Wildman–Crippen LogP) is -2.31. The normalized spacial score (nSPS) is 12.9. The summed E-state index contributed by atoms with van der Waals surface area (Å²) >= 11 is 0. The molecule has 1 atom stereocenters. The Bertz CT molecular complexity index is 568. The van der Waals surface area contributed by atoms with Gasteiger partial charge in [-0.25, -0.2) is 0 Å². The molecule has 0 bridgehead atoms. The van der Waals surface area contributed by atoms with Crippen molar-refractivity contribution < 1.29 is 71.1 Å². The quantitative estimate of drug-likeness (QED) is 0.644. The molecule has 0 amide bonds. The van der Waals surface area contributed by atoms with Gasteiger partial charge in [0, 0.05) is 0 Å². The topological polar surface area (TPSA) is 69.6 Å². The number of carboxylic acid groups (broad SMARTS) is 1. The zero-order chi connectivity index (χ0) is 13.9. The molecule has 0 radical (unpaired) electrons. The number of methoxy groups -OCH3 is 1. The molecule has 0 aliphatic heterocycles. The molecule has 1 N–H and O–H groups in total. The van der Waals surface area contributed by atoms with Gasteiger partial charge >= 0.3 is 51.4 Å². The molecule has 0 saturated carbocycles. The summed E-state index contributed by atoms with van der Waals surface area (Å²) in [6.07, 6.45) is 0. The monoisotopic (exact) mass is 296 g/mol. The van der Waals surface area contributed by atoms with Gasteiger partial charge in [-0.1, -0.05) is 42.5 Å². The van der Waals surface area contributed by atoms with Gasteiger partial charge in [0.15, 0.2) is 5.60 Å². The molecule has 2 rings (SSSR count). The van der Waals surface area contributed by atoms with Crippen molar-refractivity contribution in [3.8, 4) is 5.75 Å². The van der Waals surface area contributed by atoms with E-state index in [1.165, 1.54) is 19.2 Å². The molecular formula is C15H13KO4. The van der Waals surface area contributed by atoms with Gasteiger partial charge in [-0.2, -0.15) is 0 Å². The number of benzene rings is 2. The number of carboxylic acids is 1. The smallest absolute Gasteiger partial charge is 0.546 e. The number of carbonyl (C=O) groups is 1. The maximum absolute atomic E-state index is 11.4. The standard InChI is InChI=1S/C15H14O4.K/c1-19-13-9-7-12(8-10-13)15(18,14(16)17)11-5-3-2-4-6-11;/h2-10,18H,1H3,(H,16,17);/q;+1/p-1. The third-order valence-electron chi connectivity index (χ3n) is 2.99. The van der Waals surface area contributed by atoms with Crippen LogP contribution in [-0.2, 0) is 10.4 Å². The number of ether oxygens (including phenoxy) is 1. The van der Waals surface area contributed by atoms with Crippen LogP contribution in [0.1, 0.15) is 11.1 Å². The van der Waals surface area contributed by atoms with Crippen molar-refractivity contribution in [3.05, 3.63) is 65.7 Å². The van der Waals surface area contributed by atoms with Crippen LogP contribution in [0.25, 0.3) is 0 Å². The van der Waals surface area contributed by atoms with Gasteiger partial charge in [0.2, 0.25) is 0 Å². The van der Waals surface area contributed by atoms with E-state index in [0.29, 0.717) is 5.75 Å². The molecule has 0 heterocycles. The summed E-state index contributed by atoms with van der Waals surface area (Å²) in [4.78, 5) is 11.4. The van der Waals surface area contributed by atoms with Gasteiger partial charge in [-0.15, -0.1) is 0 Å². The molecule has 5 heteroatoms. The van der Waals surface area contributed by atoms with Crippen molar-refractivity contribution >= 4 is 5.97 Å². The molecule has 0 saturated heterocycles. The number of aliphatic hydroxyl groups is 1. The van der Waals surface area contributed by atoms with Crippen LogP contribution in [-0.4, -0.2) is 18.2 Å². The first-order valence-corrected chi connectivity index (χ1v) is 5.73. The second-order valence-corrected chi connectivity index (χ2v) is 4.09. The number of aliphatic carboxylic acids is 1. The molecule has 98 valence electrons. The van der Waals surface area contributed by atoms with Crippen LogP contribution in [0.15, 0.2) is 54.6 Å². The molecule has 1 unspecified atom stereocenters. The fourth-order valence-electron chi connectivity index (χ4n) is 1.91. The zero-order valence-corrected chi connectivity index (χ0v) is 14.5. The summed E-state index contributed by atoms with van der Waals surface area (Å²) in [7, 11) is 1.51. The molecule has 0 fully saturated rings. The van der Waals surface area contributed by atoms with E-state index in [9.17, 15) is 15.0 Å². The average Bonchev–Trinajstić information content (AvgIpc) is 2.47. The largest absolute Gasteiger partial charge is 1.00 e. The molecule has 0 aromatic heterocycles. The fourth-order valence-corrected chi connectivity index (χ4v) is 1.91. The Kier molecular flexibility index (Phi) is 6.38. The van der Waals surface area contributed by atoms with Crippen molar-refractivity contribution in [2.75, 3.05) is 7.11 Å². The molecule has 0 aliphatic carbocycles. The van der Waals surface area contributed by atoms with Crippen LogP contribution in [0.4, 0.5) is 0 Å². The summed E-state index contributed by atoms with van der Waals surface area (Å²) in [5.41, 5.74) is -1.70. The maximum Gasteiger partial charge on any atom is 1.00 e. The van der Waals surface area contributed by atoms with Gasteiger partial charge in [-0.05, 0) is 23.3 Å². The number of rotatable bonds is 4. The Balaban J connectivity index is 0.00000200. The van der Waals surface area contributed by atoms with E-state index in [4.69, 9.17) is 4.74 Å². The summed E-state index contributed by atoms with van der Waals surface area (Å²) in [5.74, 6) is -0.985. The van der Waals surface area contributed by atoms with Crippen LogP contribution in [0, 0.1) is 0 Å². The Morgan fingerprint density at radius 1 is 1.05 bits per heavy atom. The van der Waals surface area contributed by atoms with E-state index in [1.807, 2.05) is 0 Å². The predicted molar refractivity (Wildman–Crippen MR) is 67.4 cm³/mol. The van der Waals surface area contributed by atoms with Gasteiger partial charge in [0.25, 0.3) is 0 Å². The summed E-state index contributed by atoms with van der Waals surface area (Å²) in [6, 6.07) is 14.3. The minimum atomic E-state index is -2.17. The average molecular weight is 296 g/mol. The molecule has 20 heavy (non-hydrogen) atoms. The van der Waals surface area contributed by atoms with Gasteiger partial charge in [-0.3, -0.25) is 0 Å². The Morgan fingerprint density at radius 3 is 2.00 bits per heavy atom. The Hall–Kier alpha value is -0.694. The molecule has 0 aliphatic rings. The van der Waals surface area contributed by atoms with Gasteiger partial charge in [0.1, 0.15) is 5.75 Å². The fraction of sp³-hybridized carbons (Fsp3) is 0.133. The third-order valence-corrected chi connectivity index (χ3v) is 2.99. The van der Waals surface area contributed by atoms with Crippen LogP contribution < -0.4 is 61.2 Å². The van der Waals surface area contributed by atoms with Crippen LogP contribution >= 0.6 is 0 Å². The van der Waals surface area contributed by atoms with E-state index >= 15 is 0 Å². The summed E-state index contributed by atoms with van der Waals surface area (Å²) in [6.45, 7) is 0. The molecule has 2 aromatic rings. The van der Waals surface area contributed by atoms with Crippen molar-refractivity contribution in [2.45, 2.75) is 5.60 Å². The van der Waals surface area contributed by atoms with Crippen molar-refractivity contribution in [1.29, 1.82) is 0 Å². The second-order valence-electron chi connectivity index (χ2n) is 4.09. The number of carbonyl (C=O) groups excluding carboxylic acids is 1. The van der Waals surface area contributed by atoms with Crippen molar-refractivity contribution in [2.24, 2.45) is 0 Å². The second kappa shape index (κ2) is 7.35. The molecular weight excluding hydrogens is 283 g/mol. The molecule has 2 aromatic carbocycles. The van der Waals surface area contributed by atoms with Crippen LogP contribution in [0.5, 0.6) is 5.75 Å². The third kappa shape index (κ3) is 3.31. The van der Waals surface area contributed by atoms with Crippen molar-refractivity contribution in [1.82, 2.24) is 0 Å². The SMILES string of the molecule is COc1ccc(C(O)(C(=O)[O-])c2ccccc2)cc1.[K+]. The van der Waals surface area contributed by atoms with E-state index in [2.05, 4.69) is 0 Å². The van der Waals surface area contributed by atoms with Crippen molar-refractivity contribution in [3.63, 3.8) is 0 Å². The first kappa shape index (κ1) is 17.4. The van der Waals surface area contributed by atoms with Crippen LogP contribution in [0.2, 0.25) is 0 Å². The number of hydrogen-bond donors (Lipinski definition) is 1. The van der Waals surface area contributed by atoms with E-state index in [1.54, 1.807) is 42.5 Å². The minimum Gasteiger partial charge on any atom is -0.546 e. The maximum atomic E-state index is 11.4. The first-order chi connectivity index (χ1) is 9.09. The number of hydrogen-bond acceptors (Lipinski definition) is 4. The molecule has 4 nitrogen and oxygen atoms in total. The van der Waals surface area contributed by atoms with E-state index in [-0.39, 0.29) is 62.5 Å². The van der Waals surface area contributed by atoms with E-state index < -0.39 is 11.6 Å². The Labute approximate surface area is 159 Å². The van der Waals surface area contributed by atoms with E-state index in [0.717, 1.165) is 0 Å². The first-order valence-electron chi connectivity index (χ1n) is 5.73. The zero-order valence-electron chi connectivity index (χ0n) is 11.4. The van der Waals surface area contributed by atoms with Gasteiger partial charge < -0.3 is 19.7 Å². The summed E-state index contributed by atoms with van der Waals surface area (Å²) < 4.78 is 5.00.